The number of fused-ring (bicyclic) bond motifs is 1. The van der Waals surface area contributed by atoms with E-state index in [0.29, 0.717) is 12.2 Å². The van der Waals surface area contributed by atoms with Gasteiger partial charge in [0.2, 0.25) is 0 Å². The lowest BCUT2D eigenvalue weighted by Gasteiger charge is -2.29. The maximum atomic E-state index is 12.1. The summed E-state index contributed by atoms with van der Waals surface area (Å²) in [6.07, 6.45) is 0. The van der Waals surface area contributed by atoms with E-state index in [1.165, 1.54) is 11.0 Å². The predicted octanol–water partition coefficient (Wildman–Crippen LogP) is 2.41. The molecule has 0 atom stereocenters. The number of urea groups is 1. The van der Waals surface area contributed by atoms with Crippen molar-refractivity contribution >= 4 is 21.7 Å². The molecular weight excluding hydrogens is 288 g/mol. The highest BCUT2D eigenvalue weighted by Gasteiger charge is 2.33. The summed E-state index contributed by atoms with van der Waals surface area (Å²) in [7, 11) is -3.77. The molecule has 2 aromatic rings. The molecule has 6 heteroatoms. The van der Waals surface area contributed by atoms with Crippen molar-refractivity contribution in [2.75, 3.05) is 4.90 Å². The van der Waals surface area contributed by atoms with Crippen LogP contribution < -0.4 is 9.62 Å². The van der Waals surface area contributed by atoms with Crippen molar-refractivity contribution in [2.24, 2.45) is 0 Å². The van der Waals surface area contributed by atoms with Gasteiger partial charge >= 0.3 is 6.03 Å². The van der Waals surface area contributed by atoms with E-state index in [0.717, 1.165) is 11.1 Å². The number of hydrogen-bond donors (Lipinski definition) is 1. The van der Waals surface area contributed by atoms with Crippen molar-refractivity contribution in [1.82, 2.24) is 4.72 Å². The Labute approximate surface area is 123 Å². The molecule has 1 heterocycles. The number of rotatable bonds is 2. The molecule has 2 aromatic carbocycles. The summed E-state index contributed by atoms with van der Waals surface area (Å²) in [4.78, 5) is 13.7. The van der Waals surface area contributed by atoms with E-state index < -0.39 is 16.1 Å². The van der Waals surface area contributed by atoms with E-state index in [4.69, 9.17) is 0 Å². The van der Waals surface area contributed by atoms with Crippen LogP contribution in [0.3, 0.4) is 0 Å². The Kier molecular flexibility index (Phi) is 3.17. The normalized spacial score (nSPS) is 16.2. The van der Waals surface area contributed by atoms with Gasteiger partial charge in [0.05, 0.1) is 12.2 Å². The molecule has 0 aromatic heterocycles. The van der Waals surface area contributed by atoms with Crippen LogP contribution in [0.1, 0.15) is 11.1 Å². The molecule has 5 nitrogen and oxygen atoms in total. The first-order chi connectivity index (χ1) is 9.97. The average Bonchev–Trinajstić information content (AvgIpc) is 2.43. The number of amides is 2. The van der Waals surface area contributed by atoms with Crippen molar-refractivity contribution in [3.8, 4) is 0 Å². The highest BCUT2D eigenvalue weighted by molar-refractivity contribution is 7.90. The number of para-hydroxylation sites is 1. The maximum absolute atomic E-state index is 12.1. The van der Waals surface area contributed by atoms with Crippen molar-refractivity contribution < 1.29 is 13.2 Å². The number of hydrogen-bond acceptors (Lipinski definition) is 3. The third-order valence-electron chi connectivity index (χ3n) is 3.34. The standard InChI is InChI=1S/C15H14N2O3S/c1-11-5-4-6-12(9-11)10-17-13-7-2-3-8-14(13)21(19,20)16-15(17)18/h2-9H,10H2,1H3,(H,16,18). The van der Waals surface area contributed by atoms with E-state index in [1.54, 1.807) is 18.2 Å². The molecule has 0 unspecified atom stereocenters. The molecule has 3 rings (SSSR count). The molecule has 2 amide bonds. The lowest BCUT2D eigenvalue weighted by molar-refractivity contribution is 0.250. The quantitative estimate of drug-likeness (QED) is 0.926. The van der Waals surface area contributed by atoms with Crippen molar-refractivity contribution in [3.63, 3.8) is 0 Å². The highest BCUT2D eigenvalue weighted by atomic mass is 32.2. The van der Waals surface area contributed by atoms with Gasteiger partial charge in [0.1, 0.15) is 4.90 Å². The summed E-state index contributed by atoms with van der Waals surface area (Å²) in [5.74, 6) is 0. The molecule has 0 saturated heterocycles. The van der Waals surface area contributed by atoms with Crippen LogP contribution in [0.25, 0.3) is 0 Å². The zero-order valence-corrected chi connectivity index (χ0v) is 12.2. The van der Waals surface area contributed by atoms with Crippen molar-refractivity contribution in [2.45, 2.75) is 18.4 Å². The lowest BCUT2D eigenvalue weighted by Crippen LogP contribution is -2.47. The Hall–Kier alpha value is -2.34. The van der Waals surface area contributed by atoms with Crippen LogP contribution in [-0.2, 0) is 16.6 Å². The summed E-state index contributed by atoms with van der Waals surface area (Å²) < 4.78 is 26.0. The van der Waals surface area contributed by atoms with Crippen LogP contribution >= 0.6 is 0 Å². The van der Waals surface area contributed by atoms with Crippen LogP contribution in [0.5, 0.6) is 0 Å². The van der Waals surface area contributed by atoms with Crippen molar-refractivity contribution in [1.29, 1.82) is 0 Å². The largest absolute Gasteiger partial charge is 0.336 e. The topological polar surface area (TPSA) is 66.5 Å². The van der Waals surface area contributed by atoms with Gasteiger partial charge in [-0.3, -0.25) is 4.90 Å². The molecule has 0 saturated carbocycles. The van der Waals surface area contributed by atoms with E-state index in [2.05, 4.69) is 4.72 Å². The second-order valence-electron chi connectivity index (χ2n) is 4.95. The van der Waals surface area contributed by atoms with Crippen LogP contribution in [0.2, 0.25) is 0 Å². The first-order valence-corrected chi connectivity index (χ1v) is 7.94. The second-order valence-corrected chi connectivity index (χ2v) is 6.60. The average molecular weight is 302 g/mol. The van der Waals surface area contributed by atoms with Gasteiger partial charge in [-0.2, -0.15) is 0 Å². The first kappa shape index (κ1) is 13.6. The Bertz CT molecular complexity index is 815. The smallest absolute Gasteiger partial charge is 0.288 e. The van der Waals surface area contributed by atoms with Crippen LogP contribution in [-0.4, -0.2) is 14.4 Å². The highest BCUT2D eigenvalue weighted by Crippen LogP contribution is 2.30. The molecule has 0 fully saturated rings. The summed E-state index contributed by atoms with van der Waals surface area (Å²) in [5.41, 5.74) is 2.44. The lowest BCUT2D eigenvalue weighted by atomic mass is 10.1. The Balaban J connectivity index is 2.05. The monoisotopic (exact) mass is 302 g/mol. The number of anilines is 1. The number of nitrogens with zero attached hydrogens (tertiary/aromatic N) is 1. The van der Waals surface area contributed by atoms with Crippen LogP contribution in [0, 0.1) is 6.92 Å². The van der Waals surface area contributed by atoms with Gasteiger partial charge in [0, 0.05) is 0 Å². The Morgan fingerprint density at radius 3 is 2.62 bits per heavy atom. The fourth-order valence-corrected chi connectivity index (χ4v) is 3.55. The molecule has 0 aliphatic carbocycles. The minimum atomic E-state index is -3.77. The summed E-state index contributed by atoms with van der Waals surface area (Å²) in [6, 6.07) is 13.6. The molecule has 0 radical (unpaired) electrons. The van der Waals surface area contributed by atoms with Crippen LogP contribution in [0.15, 0.2) is 53.4 Å². The SMILES string of the molecule is Cc1cccc(CN2C(=O)NS(=O)(=O)c3ccccc32)c1. The molecule has 1 aliphatic heterocycles. The summed E-state index contributed by atoms with van der Waals surface area (Å²) in [5, 5.41) is 0. The molecule has 1 aliphatic rings. The third-order valence-corrected chi connectivity index (χ3v) is 4.70. The van der Waals surface area contributed by atoms with Gasteiger partial charge in [0.25, 0.3) is 10.0 Å². The molecular formula is C15H14N2O3S. The number of nitrogens with one attached hydrogen (secondary N) is 1. The van der Waals surface area contributed by atoms with E-state index >= 15 is 0 Å². The minimum Gasteiger partial charge on any atom is -0.288 e. The van der Waals surface area contributed by atoms with Gasteiger partial charge in [0.15, 0.2) is 0 Å². The third kappa shape index (κ3) is 2.50. The zero-order chi connectivity index (χ0) is 15.0. The minimum absolute atomic E-state index is 0.122. The van der Waals surface area contributed by atoms with Crippen LogP contribution in [0.4, 0.5) is 10.5 Å². The van der Waals surface area contributed by atoms with Gasteiger partial charge in [-0.25, -0.2) is 17.9 Å². The number of aryl methyl sites for hydroxylation is 1. The first-order valence-electron chi connectivity index (χ1n) is 6.46. The zero-order valence-electron chi connectivity index (χ0n) is 11.4. The van der Waals surface area contributed by atoms with Gasteiger partial charge in [-0.1, -0.05) is 42.0 Å². The molecule has 1 N–H and O–H groups in total. The molecule has 0 bridgehead atoms. The number of carbonyl (C=O) groups is 1. The van der Waals surface area contributed by atoms with E-state index in [9.17, 15) is 13.2 Å². The van der Waals surface area contributed by atoms with Gasteiger partial charge in [-0.05, 0) is 24.6 Å². The Morgan fingerprint density at radius 2 is 1.86 bits per heavy atom. The van der Waals surface area contributed by atoms with Gasteiger partial charge in [-0.15, -0.1) is 0 Å². The summed E-state index contributed by atoms with van der Waals surface area (Å²) >= 11 is 0. The van der Waals surface area contributed by atoms with E-state index in [-0.39, 0.29) is 4.90 Å². The van der Waals surface area contributed by atoms with Gasteiger partial charge < -0.3 is 0 Å². The predicted molar refractivity (Wildman–Crippen MR) is 79.5 cm³/mol. The molecule has 0 spiro atoms. The van der Waals surface area contributed by atoms with Crippen molar-refractivity contribution in [3.05, 3.63) is 59.7 Å². The fraction of sp³-hybridized carbons (Fsp3) is 0.133. The number of sulfonamides is 1. The number of carbonyl (C=O) groups excluding carboxylic acids is 1. The Morgan fingerprint density at radius 1 is 1.10 bits per heavy atom. The fourth-order valence-electron chi connectivity index (χ4n) is 2.39. The van der Waals surface area contributed by atoms with E-state index in [1.807, 2.05) is 31.2 Å². The molecule has 108 valence electrons. The maximum Gasteiger partial charge on any atom is 0.336 e. The summed E-state index contributed by atoms with van der Waals surface area (Å²) in [6.45, 7) is 2.29. The molecule has 21 heavy (non-hydrogen) atoms. The second kappa shape index (κ2) is 4.89. The number of benzene rings is 2.